The molecule has 1 saturated heterocycles. The number of hydrogen-bond acceptors (Lipinski definition) is 7. The van der Waals surface area contributed by atoms with Crippen LogP contribution in [0.25, 0.3) is 5.82 Å². The van der Waals surface area contributed by atoms with Crippen LogP contribution in [0.5, 0.6) is 0 Å². The lowest BCUT2D eigenvalue weighted by molar-refractivity contribution is 0.634. The summed E-state index contributed by atoms with van der Waals surface area (Å²) in [4.78, 5) is 13.8. The first-order valence-electron chi connectivity index (χ1n) is 9.45. The first-order valence-corrected chi connectivity index (χ1v) is 9.45. The van der Waals surface area contributed by atoms with Crippen molar-refractivity contribution in [2.24, 2.45) is 0 Å². The van der Waals surface area contributed by atoms with E-state index in [-0.39, 0.29) is 0 Å². The topological polar surface area (TPSA) is 75.9 Å². The molecular weight excluding hydrogens is 340 g/mol. The molecule has 0 atom stereocenters. The van der Waals surface area contributed by atoms with Crippen LogP contribution in [0.3, 0.4) is 0 Å². The Labute approximate surface area is 157 Å². The Hall–Kier alpha value is -3.03. The monoisotopic (exact) mass is 362 g/mol. The van der Waals surface area contributed by atoms with Gasteiger partial charge in [0, 0.05) is 44.5 Å². The van der Waals surface area contributed by atoms with Crippen molar-refractivity contribution in [3.05, 3.63) is 48.2 Å². The molecule has 0 N–H and O–H groups in total. The zero-order chi connectivity index (χ0) is 18.2. The molecule has 0 radical (unpaired) electrons. The maximum absolute atomic E-state index is 4.76. The highest BCUT2D eigenvalue weighted by atomic mass is 15.4. The summed E-state index contributed by atoms with van der Waals surface area (Å²) in [6, 6.07) is 7.96. The van der Waals surface area contributed by atoms with E-state index in [0.29, 0.717) is 5.92 Å². The van der Waals surface area contributed by atoms with Crippen molar-refractivity contribution >= 4 is 11.6 Å². The smallest absolute Gasteiger partial charge is 0.175 e. The third-order valence-electron chi connectivity index (χ3n) is 5.12. The van der Waals surface area contributed by atoms with Gasteiger partial charge in [0.05, 0.1) is 5.69 Å². The Bertz CT molecular complexity index is 923. The quantitative estimate of drug-likeness (QED) is 0.702. The second kappa shape index (κ2) is 6.61. The predicted octanol–water partition coefficient (Wildman–Crippen LogP) is 1.96. The van der Waals surface area contributed by atoms with Gasteiger partial charge in [0.25, 0.3) is 0 Å². The highest BCUT2D eigenvalue weighted by molar-refractivity contribution is 5.45. The molecule has 8 heteroatoms. The summed E-state index contributed by atoms with van der Waals surface area (Å²) in [5.41, 5.74) is 0.964. The van der Waals surface area contributed by atoms with E-state index in [4.69, 9.17) is 4.98 Å². The van der Waals surface area contributed by atoms with Crippen molar-refractivity contribution in [2.75, 3.05) is 36.0 Å². The first-order chi connectivity index (χ1) is 13.3. The van der Waals surface area contributed by atoms with Crippen LogP contribution >= 0.6 is 0 Å². The molecule has 3 aromatic heterocycles. The van der Waals surface area contributed by atoms with Gasteiger partial charge < -0.3 is 9.80 Å². The zero-order valence-corrected chi connectivity index (χ0v) is 15.4. The van der Waals surface area contributed by atoms with E-state index in [1.807, 2.05) is 43.6 Å². The average Bonchev–Trinajstić information content (AvgIpc) is 3.49. The van der Waals surface area contributed by atoms with Crippen molar-refractivity contribution in [3.8, 4) is 5.82 Å². The molecule has 0 amide bonds. The largest absolute Gasteiger partial charge is 0.353 e. The number of aryl methyl sites for hydroxylation is 1. The van der Waals surface area contributed by atoms with Crippen molar-refractivity contribution in [2.45, 2.75) is 25.7 Å². The molecule has 0 unspecified atom stereocenters. The number of piperazine rings is 1. The van der Waals surface area contributed by atoms with Crippen molar-refractivity contribution in [1.82, 2.24) is 29.9 Å². The predicted molar refractivity (Wildman–Crippen MR) is 102 cm³/mol. The molecule has 2 fully saturated rings. The molecule has 0 spiro atoms. The van der Waals surface area contributed by atoms with Crippen LogP contribution in [0.2, 0.25) is 0 Å². The van der Waals surface area contributed by atoms with Gasteiger partial charge in [0.2, 0.25) is 0 Å². The lowest BCUT2D eigenvalue weighted by Gasteiger charge is -2.35. The molecule has 5 rings (SSSR count). The second-order valence-electron chi connectivity index (χ2n) is 7.17. The van der Waals surface area contributed by atoms with Crippen molar-refractivity contribution < 1.29 is 0 Å². The van der Waals surface area contributed by atoms with Crippen molar-refractivity contribution in [1.29, 1.82) is 0 Å². The molecule has 4 heterocycles. The van der Waals surface area contributed by atoms with Gasteiger partial charge in [0.1, 0.15) is 11.6 Å². The standard InChI is InChI=1S/C19H22N8/c1-14-7-9-27(24-14)18-5-4-17(22-23-18)26-12-10-25(11-13-26)16-6-8-20-19(21-16)15-2-3-15/h4-9,15H,2-3,10-13H2,1H3. The molecule has 3 aromatic rings. The van der Waals surface area contributed by atoms with Gasteiger partial charge in [-0.25, -0.2) is 14.6 Å². The summed E-state index contributed by atoms with van der Waals surface area (Å²) in [7, 11) is 0. The normalized spacial score (nSPS) is 17.4. The number of hydrogen-bond donors (Lipinski definition) is 0. The van der Waals surface area contributed by atoms with Crippen LogP contribution in [-0.4, -0.2) is 56.1 Å². The summed E-state index contributed by atoms with van der Waals surface area (Å²) in [6.45, 7) is 5.60. The summed E-state index contributed by atoms with van der Waals surface area (Å²) in [5, 5.41) is 13.1. The third kappa shape index (κ3) is 3.34. The molecule has 2 aliphatic rings. The minimum atomic E-state index is 0.582. The SMILES string of the molecule is Cc1ccn(-c2ccc(N3CCN(c4ccnc(C5CC5)n4)CC3)nn2)n1. The fourth-order valence-corrected chi connectivity index (χ4v) is 3.39. The zero-order valence-electron chi connectivity index (χ0n) is 15.4. The van der Waals surface area contributed by atoms with Gasteiger partial charge in [-0.05, 0) is 44.0 Å². The number of rotatable bonds is 4. The molecular formula is C19H22N8. The maximum atomic E-state index is 4.76. The van der Waals surface area contributed by atoms with Gasteiger partial charge in [0.15, 0.2) is 11.6 Å². The summed E-state index contributed by atoms with van der Waals surface area (Å²) in [5.74, 6) is 4.27. The van der Waals surface area contributed by atoms with Crippen LogP contribution < -0.4 is 9.80 Å². The fourth-order valence-electron chi connectivity index (χ4n) is 3.39. The van der Waals surface area contributed by atoms with Crippen LogP contribution in [0.1, 0.15) is 30.3 Å². The molecule has 8 nitrogen and oxygen atoms in total. The van der Waals surface area contributed by atoms with E-state index in [9.17, 15) is 0 Å². The van der Waals surface area contributed by atoms with E-state index >= 15 is 0 Å². The number of anilines is 2. The van der Waals surface area contributed by atoms with E-state index in [1.165, 1.54) is 12.8 Å². The molecule has 27 heavy (non-hydrogen) atoms. The first kappa shape index (κ1) is 16.2. The third-order valence-corrected chi connectivity index (χ3v) is 5.12. The average molecular weight is 362 g/mol. The van der Waals surface area contributed by atoms with Gasteiger partial charge in [-0.15, -0.1) is 10.2 Å². The Morgan fingerprint density at radius 2 is 1.56 bits per heavy atom. The van der Waals surface area contributed by atoms with E-state index in [1.54, 1.807) is 4.68 Å². The van der Waals surface area contributed by atoms with E-state index in [2.05, 4.69) is 30.1 Å². The Morgan fingerprint density at radius 3 is 2.19 bits per heavy atom. The molecule has 1 aliphatic carbocycles. The minimum Gasteiger partial charge on any atom is -0.353 e. The van der Waals surface area contributed by atoms with Gasteiger partial charge in [-0.2, -0.15) is 5.10 Å². The molecule has 0 aromatic carbocycles. The fraction of sp³-hybridized carbons (Fsp3) is 0.421. The Kier molecular flexibility index (Phi) is 3.95. The van der Waals surface area contributed by atoms with Crippen LogP contribution in [-0.2, 0) is 0 Å². The maximum Gasteiger partial charge on any atom is 0.175 e. The van der Waals surface area contributed by atoms with Crippen LogP contribution in [0.15, 0.2) is 36.7 Å². The van der Waals surface area contributed by atoms with Crippen LogP contribution in [0, 0.1) is 6.92 Å². The lowest BCUT2D eigenvalue weighted by atomic mass is 10.3. The van der Waals surface area contributed by atoms with Gasteiger partial charge in [-0.3, -0.25) is 0 Å². The summed E-state index contributed by atoms with van der Waals surface area (Å²) < 4.78 is 1.75. The van der Waals surface area contributed by atoms with Gasteiger partial charge in [-0.1, -0.05) is 0 Å². The molecule has 1 saturated carbocycles. The summed E-state index contributed by atoms with van der Waals surface area (Å²) in [6.07, 6.45) is 6.24. The Morgan fingerprint density at radius 1 is 0.852 bits per heavy atom. The lowest BCUT2D eigenvalue weighted by Crippen LogP contribution is -2.47. The number of nitrogens with zero attached hydrogens (tertiary/aromatic N) is 8. The molecule has 138 valence electrons. The van der Waals surface area contributed by atoms with E-state index < -0.39 is 0 Å². The molecule has 0 bridgehead atoms. The number of aromatic nitrogens is 6. The molecule has 1 aliphatic heterocycles. The Balaban J connectivity index is 1.24. The highest BCUT2D eigenvalue weighted by Crippen LogP contribution is 2.38. The second-order valence-corrected chi connectivity index (χ2v) is 7.17. The highest BCUT2D eigenvalue weighted by Gasteiger charge is 2.27. The van der Waals surface area contributed by atoms with E-state index in [0.717, 1.165) is 55.2 Å². The minimum absolute atomic E-state index is 0.582. The van der Waals surface area contributed by atoms with Crippen molar-refractivity contribution in [3.63, 3.8) is 0 Å². The van der Waals surface area contributed by atoms with Gasteiger partial charge >= 0.3 is 0 Å². The summed E-state index contributed by atoms with van der Waals surface area (Å²) >= 11 is 0. The van der Waals surface area contributed by atoms with Crippen LogP contribution in [0.4, 0.5) is 11.6 Å².